The first-order valence-electron chi connectivity index (χ1n) is 17.1. The largest absolute Gasteiger partial charge is 0.341 e. The number of nitrogens with one attached hydrogen (secondary N) is 1. The SMILES string of the molecule is CN(C(=O)N1CCC(N[C@H](Cc2ccc(Cl)cc2)C(=O)N2CCC(Cn3cncn3)(C3CCCCC3)CC2)CC1)c1ccccc1. The molecule has 46 heavy (non-hydrogen) atoms. The molecule has 10 heteroatoms. The summed E-state index contributed by atoms with van der Waals surface area (Å²) in [6.45, 7) is 3.73. The van der Waals surface area contributed by atoms with Crippen LogP contribution in [0.1, 0.15) is 63.4 Å². The van der Waals surface area contributed by atoms with Crippen LogP contribution in [0, 0.1) is 11.3 Å². The molecule has 1 atom stereocenters. The minimum atomic E-state index is -0.335. The van der Waals surface area contributed by atoms with E-state index in [2.05, 4.69) is 20.3 Å². The number of benzene rings is 2. The van der Waals surface area contributed by atoms with Crippen LogP contribution in [0.3, 0.4) is 0 Å². The number of amides is 3. The highest BCUT2D eigenvalue weighted by molar-refractivity contribution is 6.30. The van der Waals surface area contributed by atoms with Gasteiger partial charge in [0, 0.05) is 56.5 Å². The fourth-order valence-electron chi connectivity index (χ4n) is 8.01. The monoisotopic (exact) mass is 645 g/mol. The van der Waals surface area contributed by atoms with Gasteiger partial charge in [-0.25, -0.2) is 9.78 Å². The minimum absolute atomic E-state index is 0.0131. The molecule has 3 heterocycles. The van der Waals surface area contributed by atoms with Crippen LogP contribution in [0.4, 0.5) is 10.5 Å². The molecule has 1 aromatic heterocycles. The molecule has 3 fully saturated rings. The number of urea groups is 1. The third kappa shape index (κ3) is 7.74. The summed E-state index contributed by atoms with van der Waals surface area (Å²) in [5.41, 5.74) is 2.12. The van der Waals surface area contributed by atoms with Crippen molar-refractivity contribution in [2.75, 3.05) is 38.1 Å². The van der Waals surface area contributed by atoms with E-state index in [-0.39, 0.29) is 29.4 Å². The van der Waals surface area contributed by atoms with Crippen molar-refractivity contribution in [3.63, 3.8) is 0 Å². The van der Waals surface area contributed by atoms with Gasteiger partial charge < -0.3 is 15.1 Å². The number of rotatable bonds is 9. The summed E-state index contributed by atoms with van der Waals surface area (Å²) in [5, 5.41) is 8.92. The van der Waals surface area contributed by atoms with Gasteiger partial charge in [0.25, 0.3) is 0 Å². The van der Waals surface area contributed by atoms with Gasteiger partial charge in [-0.15, -0.1) is 0 Å². The van der Waals surface area contributed by atoms with E-state index in [1.54, 1.807) is 11.2 Å². The van der Waals surface area contributed by atoms with E-state index in [0.29, 0.717) is 30.5 Å². The molecule has 9 nitrogen and oxygen atoms in total. The Morgan fingerprint density at radius 1 is 0.935 bits per heavy atom. The molecule has 3 amide bonds. The summed E-state index contributed by atoms with van der Waals surface area (Å²) in [7, 11) is 1.83. The van der Waals surface area contributed by atoms with E-state index < -0.39 is 0 Å². The van der Waals surface area contributed by atoms with Crippen LogP contribution in [-0.4, -0.2) is 81.8 Å². The lowest BCUT2D eigenvalue weighted by molar-refractivity contribution is -0.137. The Balaban J connectivity index is 1.11. The molecule has 0 bridgehead atoms. The van der Waals surface area contributed by atoms with Gasteiger partial charge in [-0.05, 0) is 86.1 Å². The molecule has 2 aliphatic heterocycles. The van der Waals surface area contributed by atoms with E-state index in [9.17, 15) is 9.59 Å². The molecule has 6 rings (SSSR count). The molecule has 1 N–H and O–H groups in total. The number of anilines is 1. The second kappa shape index (κ2) is 15.0. The van der Waals surface area contributed by atoms with Gasteiger partial charge in [0.1, 0.15) is 12.7 Å². The number of carbonyl (C=O) groups is 2. The fourth-order valence-corrected chi connectivity index (χ4v) is 8.14. The minimum Gasteiger partial charge on any atom is -0.341 e. The van der Waals surface area contributed by atoms with Crippen LogP contribution in [0.2, 0.25) is 5.02 Å². The van der Waals surface area contributed by atoms with Crippen molar-refractivity contribution in [1.82, 2.24) is 29.9 Å². The highest BCUT2D eigenvalue weighted by atomic mass is 35.5. The van der Waals surface area contributed by atoms with Crippen LogP contribution in [0.5, 0.6) is 0 Å². The number of carbonyl (C=O) groups excluding carboxylic acids is 2. The second-order valence-corrected chi connectivity index (χ2v) is 14.0. The molecule has 0 unspecified atom stereocenters. The molecule has 3 aliphatic rings. The maximum atomic E-state index is 14.3. The summed E-state index contributed by atoms with van der Waals surface area (Å²) in [4.78, 5) is 37.5. The van der Waals surface area contributed by atoms with Crippen molar-refractivity contribution in [2.24, 2.45) is 11.3 Å². The lowest BCUT2D eigenvalue weighted by Crippen LogP contribution is -2.57. The van der Waals surface area contributed by atoms with Gasteiger partial charge in [-0.1, -0.05) is 61.2 Å². The Bertz CT molecular complexity index is 1400. The quantitative estimate of drug-likeness (QED) is 0.307. The van der Waals surface area contributed by atoms with Crippen molar-refractivity contribution in [1.29, 1.82) is 0 Å². The van der Waals surface area contributed by atoms with Crippen molar-refractivity contribution in [2.45, 2.75) is 82.8 Å². The number of hydrogen-bond acceptors (Lipinski definition) is 5. The van der Waals surface area contributed by atoms with E-state index in [1.807, 2.05) is 77.6 Å². The first-order chi connectivity index (χ1) is 22.4. The molecule has 246 valence electrons. The number of piperidine rings is 2. The average molecular weight is 646 g/mol. The number of likely N-dealkylation sites (tertiary alicyclic amines) is 2. The molecule has 2 aromatic carbocycles. The van der Waals surface area contributed by atoms with E-state index in [1.165, 1.54) is 32.1 Å². The van der Waals surface area contributed by atoms with Crippen LogP contribution >= 0.6 is 11.6 Å². The van der Waals surface area contributed by atoms with E-state index >= 15 is 0 Å². The normalized spacial score (nSPS) is 20.0. The number of aromatic nitrogens is 3. The number of hydrogen-bond donors (Lipinski definition) is 1. The zero-order chi connectivity index (χ0) is 31.9. The number of halogens is 1. The fraction of sp³-hybridized carbons (Fsp3) is 0.556. The van der Waals surface area contributed by atoms with E-state index in [4.69, 9.17) is 11.6 Å². The molecule has 3 aromatic rings. The summed E-state index contributed by atoms with van der Waals surface area (Å²) in [6.07, 6.45) is 14.1. The molecule has 0 radical (unpaired) electrons. The lowest BCUT2D eigenvalue weighted by Gasteiger charge is -2.48. The van der Waals surface area contributed by atoms with Crippen LogP contribution in [-0.2, 0) is 17.8 Å². The van der Waals surface area contributed by atoms with Crippen LogP contribution < -0.4 is 10.2 Å². The van der Waals surface area contributed by atoms with Gasteiger partial charge in [0.15, 0.2) is 0 Å². The van der Waals surface area contributed by atoms with Crippen LogP contribution in [0.15, 0.2) is 67.3 Å². The molecule has 0 spiro atoms. The Morgan fingerprint density at radius 3 is 2.28 bits per heavy atom. The summed E-state index contributed by atoms with van der Waals surface area (Å²) < 4.78 is 2.01. The van der Waals surface area contributed by atoms with Crippen molar-refractivity contribution in [3.8, 4) is 0 Å². The zero-order valence-corrected chi connectivity index (χ0v) is 27.8. The third-order valence-electron chi connectivity index (χ3n) is 10.8. The molecule has 1 aliphatic carbocycles. The first kappa shape index (κ1) is 32.5. The number of para-hydroxylation sites is 1. The highest BCUT2D eigenvalue weighted by Crippen LogP contribution is 2.47. The predicted molar refractivity (Wildman–Crippen MR) is 182 cm³/mol. The van der Waals surface area contributed by atoms with Crippen molar-refractivity contribution >= 4 is 29.2 Å². The summed E-state index contributed by atoms with van der Waals surface area (Å²) >= 11 is 6.19. The Hall–Kier alpha value is -3.43. The Labute approximate surface area is 278 Å². The van der Waals surface area contributed by atoms with Gasteiger partial charge in [-0.2, -0.15) is 5.10 Å². The second-order valence-electron chi connectivity index (χ2n) is 13.6. The summed E-state index contributed by atoms with van der Waals surface area (Å²) in [5.74, 6) is 0.842. The van der Waals surface area contributed by atoms with Gasteiger partial charge >= 0.3 is 6.03 Å². The average Bonchev–Trinajstić information content (AvgIpc) is 3.62. The molecule has 1 saturated carbocycles. The van der Waals surface area contributed by atoms with Crippen LogP contribution in [0.25, 0.3) is 0 Å². The van der Waals surface area contributed by atoms with Crippen molar-refractivity contribution < 1.29 is 9.59 Å². The number of nitrogens with zero attached hydrogens (tertiary/aromatic N) is 6. The maximum Gasteiger partial charge on any atom is 0.324 e. The van der Waals surface area contributed by atoms with Gasteiger partial charge in [0.05, 0.1) is 6.04 Å². The molecular weight excluding hydrogens is 598 g/mol. The van der Waals surface area contributed by atoms with Gasteiger partial charge in [0.2, 0.25) is 5.91 Å². The topological polar surface area (TPSA) is 86.6 Å². The standard InChI is InChI=1S/C36H48ClN7O2/c1-41(32-10-6-3-7-11-32)35(46)43-20-16-31(17-21-43)40-33(24-28-12-14-30(37)15-13-28)34(45)42-22-18-36(19-23-42,25-44-27-38-26-39-44)29-8-4-2-5-9-29/h3,6-7,10-15,26-27,29,31,33,40H,2,4-5,8-9,16-25H2,1H3/t33-/m1/s1. The molecular formula is C36H48ClN7O2. The zero-order valence-electron chi connectivity index (χ0n) is 27.1. The van der Waals surface area contributed by atoms with Crippen molar-refractivity contribution in [3.05, 3.63) is 77.8 Å². The molecule has 2 saturated heterocycles. The van der Waals surface area contributed by atoms with E-state index in [0.717, 1.165) is 56.6 Å². The maximum absolute atomic E-state index is 14.3. The van der Waals surface area contributed by atoms with Gasteiger partial charge in [-0.3, -0.25) is 14.4 Å². The first-order valence-corrected chi connectivity index (χ1v) is 17.5. The Kier molecular flexibility index (Phi) is 10.6. The highest BCUT2D eigenvalue weighted by Gasteiger charge is 2.44. The smallest absolute Gasteiger partial charge is 0.324 e. The lowest BCUT2D eigenvalue weighted by atomic mass is 9.63. The summed E-state index contributed by atoms with van der Waals surface area (Å²) in [6, 6.07) is 17.4. The third-order valence-corrected chi connectivity index (χ3v) is 11.0. The predicted octanol–water partition coefficient (Wildman–Crippen LogP) is 6.04. The Morgan fingerprint density at radius 2 is 1.63 bits per heavy atom.